The minimum absolute atomic E-state index is 0.558. The van der Waals surface area contributed by atoms with E-state index >= 15 is 0 Å². The number of aromatic nitrogens is 18. The van der Waals surface area contributed by atoms with Gasteiger partial charge in [0, 0.05) is 256 Å². The maximum Gasteiger partial charge on any atom is 0.0588 e. The second-order valence-corrected chi connectivity index (χ2v) is 33.0. The van der Waals surface area contributed by atoms with E-state index in [1.807, 2.05) is 294 Å². The van der Waals surface area contributed by atoms with Crippen LogP contribution in [-0.4, -0.2) is 89.7 Å². The van der Waals surface area contributed by atoms with E-state index in [0.29, 0.717) is 33.4 Å². The number of hydrogen-bond donors (Lipinski definition) is 0. The molecule has 18 heterocycles. The lowest BCUT2D eigenvalue weighted by atomic mass is 9.74. The summed E-state index contributed by atoms with van der Waals surface area (Å²) < 4.78 is 0. The largest absolute Gasteiger partial charge is 0.265 e. The Balaban J connectivity index is 0.000000142. The molecular formula is C132H84N18. The monoisotopic (exact) mass is 1920 g/mol. The molecule has 0 unspecified atom stereocenters. The number of rotatable bonds is 18. The molecule has 0 saturated heterocycles. The average Bonchev–Trinajstić information content (AvgIpc) is 0.716. The molecule has 21 rings (SSSR count). The Hall–Kier alpha value is -21.8. The van der Waals surface area contributed by atoms with Crippen LogP contribution >= 0.6 is 0 Å². The summed E-state index contributed by atoms with van der Waals surface area (Å²) in [7, 11) is 0. The van der Waals surface area contributed by atoms with Crippen molar-refractivity contribution in [2.24, 2.45) is 0 Å². The van der Waals surface area contributed by atoms with Crippen molar-refractivity contribution < 1.29 is 0 Å². The maximum atomic E-state index is 4.36. The van der Waals surface area contributed by atoms with Gasteiger partial charge in [-0.25, -0.2) is 0 Å². The van der Waals surface area contributed by atoms with Gasteiger partial charge in [0.2, 0.25) is 0 Å². The van der Waals surface area contributed by atoms with Crippen LogP contribution in [0.3, 0.4) is 0 Å². The molecule has 21 aromatic rings. The second-order valence-electron chi connectivity index (χ2n) is 33.0. The lowest BCUT2D eigenvalue weighted by Crippen LogP contribution is -2.05. The van der Waals surface area contributed by atoms with E-state index in [-0.39, 0.29) is 0 Å². The van der Waals surface area contributed by atoms with Gasteiger partial charge in [-0.2, -0.15) is 0 Å². The van der Waals surface area contributed by atoms with Crippen molar-refractivity contribution in [3.8, 4) is 138 Å². The SMILES string of the molecule is C(#Cc1c(C#Cc2ccncc2)c(C#Cc2ccncc2)c(C#Cc2ccncc2)c(C#Cc2ccncc2)c1C#Cc1ccncc1)c1ccncc1.C(=C\c1c(/C=C/c2ccncc2)c(/C=C/c2ccncc2)c(/C=C/c2ccncc2)c(/C=C/c2ccncc2)c1/C=C/c1ccncc1)/c1ccncc1.c1cc(-c2c(-c3ccncc3)c(-c3ccncc3)c(-c3ccncc3)c(-c3ccncc3)c2-c2ccncc2)ccn1. The molecule has 18 heteroatoms. The minimum Gasteiger partial charge on any atom is -0.265 e. The molecule has 0 spiro atoms. The molecule has 18 aromatic heterocycles. The summed E-state index contributed by atoms with van der Waals surface area (Å²) in [6.45, 7) is 0. The van der Waals surface area contributed by atoms with Crippen LogP contribution in [0.25, 0.3) is 140 Å². The van der Waals surface area contributed by atoms with Crippen LogP contribution in [0.15, 0.2) is 441 Å². The predicted octanol–water partition coefficient (Wildman–Crippen LogP) is 25.6. The first-order valence-corrected chi connectivity index (χ1v) is 47.7. The first-order valence-electron chi connectivity index (χ1n) is 47.7. The Morgan fingerprint density at radius 2 is 0.207 bits per heavy atom. The molecule has 0 N–H and O–H groups in total. The van der Waals surface area contributed by atoms with Crippen molar-refractivity contribution in [2.75, 3.05) is 0 Å². The molecule has 702 valence electrons. The summed E-state index contributed by atoms with van der Waals surface area (Å²) >= 11 is 0. The molecule has 0 saturated carbocycles. The lowest BCUT2D eigenvalue weighted by Gasteiger charge is -2.28. The molecule has 0 aliphatic carbocycles. The third kappa shape index (κ3) is 25.5. The van der Waals surface area contributed by atoms with Gasteiger partial charge < -0.3 is 0 Å². The molecule has 0 aliphatic rings. The van der Waals surface area contributed by atoms with Crippen LogP contribution in [0, 0.1) is 71.0 Å². The highest BCUT2D eigenvalue weighted by Crippen LogP contribution is 2.56. The highest BCUT2D eigenvalue weighted by atomic mass is 14.7. The summed E-state index contributed by atoms with van der Waals surface area (Å²) in [5.41, 5.74) is 33.3. The average molecular weight is 1920 g/mol. The van der Waals surface area contributed by atoms with Gasteiger partial charge in [-0.15, -0.1) is 0 Å². The quantitative estimate of drug-likeness (QED) is 0.0727. The number of nitrogens with zero attached hydrogens (tertiary/aromatic N) is 18. The third-order valence-corrected chi connectivity index (χ3v) is 23.5. The van der Waals surface area contributed by atoms with Crippen molar-refractivity contribution in [2.45, 2.75) is 0 Å². The number of pyridine rings is 18. The number of hydrogen-bond acceptors (Lipinski definition) is 18. The fraction of sp³-hybridized carbons (Fsp3) is 0. The molecule has 0 atom stereocenters. The zero-order valence-electron chi connectivity index (χ0n) is 80.5. The summed E-state index contributed by atoms with van der Waals surface area (Å²) in [5, 5.41) is 0. The highest BCUT2D eigenvalue weighted by Gasteiger charge is 2.30. The van der Waals surface area contributed by atoms with Crippen molar-refractivity contribution >= 4 is 72.9 Å². The first kappa shape index (κ1) is 97.0. The normalized spacial score (nSPS) is 10.7. The minimum atomic E-state index is 0.558. The summed E-state index contributed by atoms with van der Waals surface area (Å²) in [4.78, 5) is 76.6. The van der Waals surface area contributed by atoms with E-state index in [4.69, 9.17) is 0 Å². The summed E-state index contributed by atoms with van der Waals surface area (Å²) in [5.74, 6) is 40.5. The molecule has 0 bridgehead atoms. The van der Waals surface area contributed by atoms with Crippen LogP contribution in [0.2, 0.25) is 0 Å². The van der Waals surface area contributed by atoms with E-state index in [1.54, 1.807) is 74.4 Å². The van der Waals surface area contributed by atoms with E-state index in [9.17, 15) is 0 Å². The van der Waals surface area contributed by atoms with Crippen molar-refractivity contribution in [3.05, 3.63) is 575 Å². The molecule has 150 heavy (non-hydrogen) atoms. The molecule has 0 fully saturated rings. The Bertz CT molecular complexity index is 7420. The van der Waals surface area contributed by atoms with Crippen LogP contribution in [-0.2, 0) is 0 Å². The van der Waals surface area contributed by atoms with E-state index in [1.165, 1.54) is 0 Å². The third-order valence-electron chi connectivity index (χ3n) is 23.5. The fourth-order valence-electron chi connectivity index (χ4n) is 16.4. The summed E-state index contributed by atoms with van der Waals surface area (Å²) in [6, 6.07) is 71.2. The molecule has 0 amide bonds. The Labute approximate surface area is 869 Å². The molecule has 3 aromatic carbocycles. The first-order chi connectivity index (χ1) is 74.5. The fourth-order valence-corrected chi connectivity index (χ4v) is 16.4. The van der Waals surface area contributed by atoms with Gasteiger partial charge in [-0.1, -0.05) is 144 Å². The van der Waals surface area contributed by atoms with E-state index < -0.39 is 0 Å². The molecule has 0 aliphatic heterocycles. The molecule has 18 nitrogen and oxygen atoms in total. The lowest BCUT2D eigenvalue weighted by molar-refractivity contribution is 1.31. The zero-order valence-corrected chi connectivity index (χ0v) is 80.5. The Kier molecular flexibility index (Phi) is 32.7. The van der Waals surface area contributed by atoms with Crippen LogP contribution in [0.5, 0.6) is 0 Å². The van der Waals surface area contributed by atoms with Gasteiger partial charge in [-0.05, 0) is 352 Å². The highest BCUT2D eigenvalue weighted by molar-refractivity contribution is 6.15. The van der Waals surface area contributed by atoms with Gasteiger partial charge in [0.15, 0.2) is 0 Å². The summed E-state index contributed by atoms with van der Waals surface area (Å²) in [6.07, 6.45) is 90.4. The zero-order chi connectivity index (χ0) is 101. The van der Waals surface area contributed by atoms with Gasteiger partial charge in [0.25, 0.3) is 0 Å². The number of benzene rings is 3. The van der Waals surface area contributed by atoms with Gasteiger partial charge >= 0.3 is 0 Å². The molecule has 0 radical (unpaired) electrons. The topological polar surface area (TPSA) is 232 Å². The standard InChI is InChI=1S/C48H36N6.C48H24N6.C36H24N6/c2*1(37-13-25-49-26-14-37)7-43-44(8-2-38-15-27-50-28-16-38)46(10-4-40-19-31-52-32-20-40)48(12-6-42-23-35-54-36-24-42)47(11-5-41-21-33-53-34-22-41)45(43)9-3-39-17-29-51-30-18-39;1-13-37-14-2-25(1)31-32(26-3-15-38-16-4-26)34(28-7-19-40-20-8-28)36(30-11-23-42-24-12-30)35(29-9-21-41-22-10-29)33(31)27-5-17-39-18-6-27/h1-36H;13-36H;1-24H/b7-1+,8-2+,9-3+,10-4+,11-5+,12-6+;;. The van der Waals surface area contributed by atoms with E-state index in [0.717, 1.165) is 167 Å². The smallest absolute Gasteiger partial charge is 0.0588 e. The van der Waals surface area contributed by atoms with Crippen LogP contribution in [0.4, 0.5) is 0 Å². The Morgan fingerprint density at radius 3 is 0.320 bits per heavy atom. The maximum absolute atomic E-state index is 4.36. The van der Waals surface area contributed by atoms with Crippen molar-refractivity contribution in [1.82, 2.24) is 89.7 Å². The van der Waals surface area contributed by atoms with Crippen molar-refractivity contribution in [3.63, 3.8) is 0 Å². The Morgan fingerprint density at radius 1 is 0.107 bits per heavy atom. The van der Waals surface area contributed by atoms with Gasteiger partial charge in [0.1, 0.15) is 0 Å². The van der Waals surface area contributed by atoms with Gasteiger partial charge in [0.05, 0.1) is 33.4 Å². The van der Waals surface area contributed by atoms with E-state index in [2.05, 4.69) is 306 Å². The predicted molar refractivity (Wildman–Crippen MR) is 599 cm³/mol. The van der Waals surface area contributed by atoms with Crippen molar-refractivity contribution in [1.29, 1.82) is 0 Å². The van der Waals surface area contributed by atoms with Crippen LogP contribution < -0.4 is 0 Å². The molecular weight excluding hydrogens is 1840 g/mol. The van der Waals surface area contributed by atoms with Gasteiger partial charge in [-0.3, -0.25) is 89.7 Å². The van der Waals surface area contributed by atoms with Crippen LogP contribution in [0.1, 0.15) is 134 Å². The second kappa shape index (κ2) is 50.5.